The molecule has 19 heavy (non-hydrogen) atoms. The summed E-state index contributed by atoms with van der Waals surface area (Å²) in [7, 11) is 0. The molecule has 2 unspecified atom stereocenters. The molecule has 0 fully saturated rings. The number of halogens is 1. The molecule has 1 nitrogen and oxygen atoms in total. The van der Waals surface area contributed by atoms with Gasteiger partial charge in [-0.3, -0.25) is 0 Å². The van der Waals surface area contributed by atoms with E-state index in [9.17, 15) is 0 Å². The molecule has 2 atom stereocenters. The maximum atomic E-state index is 6.07. The molecule has 0 spiro atoms. The van der Waals surface area contributed by atoms with Gasteiger partial charge in [-0.25, -0.2) is 0 Å². The molecular weight excluding hydrogens is 274 g/mol. The van der Waals surface area contributed by atoms with Crippen molar-refractivity contribution in [2.24, 2.45) is 0 Å². The summed E-state index contributed by atoms with van der Waals surface area (Å²) in [6.45, 7) is 4.45. The Labute approximate surface area is 124 Å². The maximum Gasteiger partial charge on any atom is 0.0409 e. The highest BCUT2D eigenvalue weighted by atomic mass is 35.5. The zero-order chi connectivity index (χ0) is 13.7. The molecule has 0 bridgehead atoms. The van der Waals surface area contributed by atoms with Crippen molar-refractivity contribution >= 4 is 22.9 Å². The second kappa shape index (κ2) is 7.09. The summed E-state index contributed by atoms with van der Waals surface area (Å²) in [6, 6.07) is 13.3. The van der Waals surface area contributed by atoms with Crippen LogP contribution in [0.2, 0.25) is 5.02 Å². The fourth-order valence-corrected chi connectivity index (χ4v) is 3.34. The van der Waals surface area contributed by atoms with E-state index in [0.29, 0.717) is 12.1 Å². The van der Waals surface area contributed by atoms with Crippen LogP contribution in [-0.2, 0) is 6.42 Å². The minimum atomic E-state index is 0.369. The van der Waals surface area contributed by atoms with Crippen LogP contribution in [0.1, 0.15) is 36.8 Å². The van der Waals surface area contributed by atoms with Gasteiger partial charge in [0, 0.05) is 22.0 Å². The Morgan fingerprint density at radius 1 is 1.26 bits per heavy atom. The number of rotatable bonds is 6. The first-order valence-electron chi connectivity index (χ1n) is 6.73. The summed E-state index contributed by atoms with van der Waals surface area (Å²) in [6.07, 6.45) is 2.14. The fourth-order valence-electron chi connectivity index (χ4n) is 2.31. The van der Waals surface area contributed by atoms with Gasteiger partial charge in [0.1, 0.15) is 0 Å². The molecule has 0 radical (unpaired) electrons. The molecule has 0 aliphatic carbocycles. The van der Waals surface area contributed by atoms with Crippen LogP contribution in [0.25, 0.3) is 0 Å². The van der Waals surface area contributed by atoms with Gasteiger partial charge in [-0.05, 0) is 48.9 Å². The molecule has 0 aliphatic heterocycles. The summed E-state index contributed by atoms with van der Waals surface area (Å²) in [5.41, 5.74) is 1.27. The van der Waals surface area contributed by atoms with Crippen LogP contribution in [0.4, 0.5) is 0 Å². The molecule has 0 saturated carbocycles. The van der Waals surface area contributed by atoms with E-state index in [1.165, 1.54) is 10.4 Å². The molecular formula is C16H20ClNS. The molecule has 1 heterocycles. The van der Waals surface area contributed by atoms with Gasteiger partial charge in [-0.2, -0.15) is 0 Å². The predicted octanol–water partition coefficient (Wildman–Crippen LogP) is 5.07. The van der Waals surface area contributed by atoms with E-state index in [4.69, 9.17) is 11.6 Å². The number of nitrogens with one attached hydrogen (secondary N) is 1. The lowest BCUT2D eigenvalue weighted by molar-refractivity contribution is 0.445. The van der Waals surface area contributed by atoms with Gasteiger partial charge in [0.05, 0.1) is 0 Å². The van der Waals surface area contributed by atoms with Gasteiger partial charge in [0.25, 0.3) is 0 Å². The van der Waals surface area contributed by atoms with Crippen molar-refractivity contribution in [2.45, 2.75) is 38.8 Å². The van der Waals surface area contributed by atoms with E-state index in [1.54, 1.807) is 0 Å². The lowest BCUT2D eigenvalue weighted by atomic mass is 10.0. The molecule has 1 N–H and O–H groups in total. The summed E-state index contributed by atoms with van der Waals surface area (Å²) in [4.78, 5) is 1.43. The third kappa shape index (κ3) is 4.34. The third-order valence-corrected chi connectivity index (χ3v) is 4.37. The minimum Gasteiger partial charge on any atom is -0.307 e. The van der Waals surface area contributed by atoms with E-state index in [0.717, 1.165) is 17.9 Å². The van der Waals surface area contributed by atoms with Crippen LogP contribution in [0.3, 0.4) is 0 Å². The second-order valence-corrected chi connectivity index (χ2v) is 6.34. The lowest BCUT2D eigenvalue weighted by Gasteiger charge is -2.22. The van der Waals surface area contributed by atoms with E-state index < -0.39 is 0 Å². The van der Waals surface area contributed by atoms with E-state index in [-0.39, 0.29) is 0 Å². The Morgan fingerprint density at radius 3 is 2.74 bits per heavy atom. The number of thiophene rings is 1. The molecule has 102 valence electrons. The van der Waals surface area contributed by atoms with Gasteiger partial charge in [0.2, 0.25) is 0 Å². The van der Waals surface area contributed by atoms with Crippen molar-refractivity contribution in [1.82, 2.24) is 5.32 Å². The van der Waals surface area contributed by atoms with Crippen molar-refractivity contribution < 1.29 is 0 Å². The van der Waals surface area contributed by atoms with E-state index in [1.807, 2.05) is 23.5 Å². The van der Waals surface area contributed by atoms with Crippen LogP contribution >= 0.6 is 22.9 Å². The number of hydrogen-bond donors (Lipinski definition) is 1. The SMILES string of the molecule is CCC(NC(C)Cc1cccs1)c1cccc(Cl)c1. The highest BCUT2D eigenvalue weighted by molar-refractivity contribution is 7.09. The highest BCUT2D eigenvalue weighted by Crippen LogP contribution is 2.21. The average molecular weight is 294 g/mol. The summed E-state index contributed by atoms with van der Waals surface area (Å²) < 4.78 is 0. The average Bonchev–Trinajstić information content (AvgIpc) is 2.88. The van der Waals surface area contributed by atoms with Crippen LogP contribution in [-0.4, -0.2) is 6.04 Å². The monoisotopic (exact) mass is 293 g/mol. The van der Waals surface area contributed by atoms with Gasteiger partial charge < -0.3 is 5.32 Å². The lowest BCUT2D eigenvalue weighted by Crippen LogP contribution is -2.31. The van der Waals surface area contributed by atoms with E-state index >= 15 is 0 Å². The van der Waals surface area contributed by atoms with Crippen molar-refractivity contribution in [2.75, 3.05) is 0 Å². The number of benzene rings is 1. The fraction of sp³-hybridized carbons (Fsp3) is 0.375. The predicted molar refractivity (Wildman–Crippen MR) is 85.1 cm³/mol. The first kappa shape index (κ1) is 14.6. The zero-order valence-electron chi connectivity index (χ0n) is 11.4. The molecule has 0 amide bonds. The Hall–Kier alpha value is -0.830. The first-order chi connectivity index (χ1) is 9.19. The van der Waals surface area contributed by atoms with Crippen molar-refractivity contribution in [3.05, 3.63) is 57.2 Å². The molecule has 1 aromatic carbocycles. The van der Waals surface area contributed by atoms with Crippen molar-refractivity contribution in [3.63, 3.8) is 0 Å². The van der Waals surface area contributed by atoms with Crippen LogP contribution in [0.15, 0.2) is 41.8 Å². The van der Waals surface area contributed by atoms with Gasteiger partial charge in [-0.15, -0.1) is 11.3 Å². The quantitative estimate of drug-likeness (QED) is 0.784. The highest BCUT2D eigenvalue weighted by Gasteiger charge is 2.13. The molecule has 2 rings (SSSR count). The van der Waals surface area contributed by atoms with E-state index in [2.05, 4.69) is 48.8 Å². The Morgan fingerprint density at radius 2 is 2.11 bits per heavy atom. The standard InChI is InChI=1S/C16H20ClNS/c1-3-16(13-6-4-7-14(17)11-13)18-12(2)10-15-8-5-9-19-15/h4-9,11-12,16,18H,3,10H2,1-2H3. The van der Waals surface area contributed by atoms with Gasteiger partial charge in [0.15, 0.2) is 0 Å². The molecule has 1 aromatic heterocycles. The first-order valence-corrected chi connectivity index (χ1v) is 7.98. The zero-order valence-corrected chi connectivity index (χ0v) is 13.0. The van der Waals surface area contributed by atoms with Crippen LogP contribution < -0.4 is 5.32 Å². The number of hydrogen-bond acceptors (Lipinski definition) is 2. The Kier molecular flexibility index (Phi) is 5.44. The second-order valence-electron chi connectivity index (χ2n) is 4.87. The van der Waals surface area contributed by atoms with Crippen LogP contribution in [0.5, 0.6) is 0 Å². The minimum absolute atomic E-state index is 0.369. The Balaban J connectivity index is 1.98. The van der Waals surface area contributed by atoms with Crippen molar-refractivity contribution in [1.29, 1.82) is 0 Å². The van der Waals surface area contributed by atoms with Crippen LogP contribution in [0, 0.1) is 0 Å². The summed E-state index contributed by atoms with van der Waals surface area (Å²) in [5, 5.41) is 6.64. The van der Waals surface area contributed by atoms with Gasteiger partial charge in [-0.1, -0.05) is 36.7 Å². The normalized spacial score (nSPS) is 14.3. The summed E-state index contributed by atoms with van der Waals surface area (Å²) in [5.74, 6) is 0. The molecule has 2 aromatic rings. The Bertz CT molecular complexity index is 495. The summed E-state index contributed by atoms with van der Waals surface area (Å²) >= 11 is 7.89. The maximum absolute atomic E-state index is 6.07. The van der Waals surface area contributed by atoms with Crippen molar-refractivity contribution in [3.8, 4) is 0 Å². The molecule has 0 saturated heterocycles. The van der Waals surface area contributed by atoms with Gasteiger partial charge >= 0.3 is 0 Å². The largest absolute Gasteiger partial charge is 0.307 e. The smallest absolute Gasteiger partial charge is 0.0409 e. The molecule has 3 heteroatoms. The molecule has 0 aliphatic rings. The third-order valence-electron chi connectivity index (χ3n) is 3.23. The topological polar surface area (TPSA) is 12.0 Å².